The van der Waals surface area contributed by atoms with E-state index in [0.717, 1.165) is 16.8 Å². The summed E-state index contributed by atoms with van der Waals surface area (Å²) in [5, 5.41) is 18.9. The number of amides is 4. The number of nitrogens with zero attached hydrogens (tertiary/aromatic N) is 3. The molecule has 1 heterocycles. The predicted molar refractivity (Wildman–Crippen MR) is 239 cm³/mol. The second kappa shape index (κ2) is 24.2. The first kappa shape index (κ1) is 50.8. The second-order valence-electron chi connectivity index (χ2n) is 17.5. The number of methoxy groups -OCH3 is 2. The molecule has 14 heteroatoms. The van der Waals surface area contributed by atoms with Gasteiger partial charge < -0.3 is 40.3 Å². The Morgan fingerprint density at radius 1 is 0.869 bits per heavy atom. The molecule has 1 fully saturated rings. The maximum Gasteiger partial charge on any atom is 0.326 e. The maximum atomic E-state index is 14.6. The average molecular weight is 851 g/mol. The number of nitrogens with one attached hydrogen (secondary N) is 3. The van der Waals surface area contributed by atoms with Crippen molar-refractivity contribution in [3.05, 3.63) is 65.7 Å². The SMILES string of the molecule is CC[C@H](C)[C@@H]([C@@H](CC(=O)N1CCC[C@H]1[C@H](OC)[C@@H](C)C(=O)N[C@@H](Cc1ccccc1)C(=O)O)OC)N(C)C(=O)[C@@H](NC(=O)[C@H](C(C)C)N(C)Cc1cccc(NC)c1)C(C)C. The van der Waals surface area contributed by atoms with E-state index in [1.54, 1.807) is 30.9 Å². The van der Waals surface area contributed by atoms with Gasteiger partial charge in [0.1, 0.15) is 12.1 Å². The van der Waals surface area contributed by atoms with Crippen molar-refractivity contribution in [3.63, 3.8) is 0 Å². The molecule has 0 radical (unpaired) electrons. The van der Waals surface area contributed by atoms with Gasteiger partial charge in [0.15, 0.2) is 0 Å². The van der Waals surface area contributed by atoms with E-state index in [1.807, 2.05) is 109 Å². The number of carboxylic acids is 1. The van der Waals surface area contributed by atoms with Crippen molar-refractivity contribution in [2.75, 3.05) is 47.2 Å². The molecule has 0 bridgehead atoms. The molecule has 14 nitrogen and oxygen atoms in total. The van der Waals surface area contributed by atoms with Gasteiger partial charge in [-0.2, -0.15) is 0 Å². The number of likely N-dealkylation sites (N-methyl/N-ethyl adjacent to an activating group) is 2. The monoisotopic (exact) mass is 851 g/mol. The van der Waals surface area contributed by atoms with Crippen LogP contribution in [0.4, 0.5) is 5.69 Å². The highest BCUT2D eigenvalue weighted by Gasteiger charge is 2.43. The summed E-state index contributed by atoms with van der Waals surface area (Å²) in [5.41, 5.74) is 2.82. The zero-order valence-corrected chi connectivity index (χ0v) is 38.6. The van der Waals surface area contributed by atoms with E-state index in [9.17, 15) is 29.1 Å². The molecule has 1 aliphatic heterocycles. The lowest BCUT2D eigenvalue weighted by molar-refractivity contribution is -0.148. The molecule has 0 aromatic heterocycles. The van der Waals surface area contributed by atoms with Crippen LogP contribution in [-0.4, -0.2) is 134 Å². The smallest absolute Gasteiger partial charge is 0.326 e. The van der Waals surface area contributed by atoms with Gasteiger partial charge >= 0.3 is 5.97 Å². The number of benzene rings is 2. The molecule has 2 aromatic carbocycles. The lowest BCUT2D eigenvalue weighted by atomic mass is 9.89. The van der Waals surface area contributed by atoms with Crippen molar-refractivity contribution in [2.24, 2.45) is 23.7 Å². The van der Waals surface area contributed by atoms with Crippen LogP contribution in [0.2, 0.25) is 0 Å². The van der Waals surface area contributed by atoms with E-state index in [2.05, 4.69) is 22.0 Å². The number of likely N-dealkylation sites (tertiary alicyclic amines) is 1. The fourth-order valence-electron chi connectivity index (χ4n) is 8.85. The van der Waals surface area contributed by atoms with Crippen molar-refractivity contribution in [1.29, 1.82) is 0 Å². The Labute approximate surface area is 364 Å². The van der Waals surface area contributed by atoms with E-state index < -0.39 is 60.2 Å². The minimum atomic E-state index is -1.14. The molecule has 3 rings (SSSR count). The number of carbonyl (C=O) groups is 5. The quantitative estimate of drug-likeness (QED) is 0.112. The number of carbonyl (C=O) groups excluding carboxylic acids is 4. The fraction of sp³-hybridized carbons (Fsp3) is 0.638. The molecule has 9 atom stereocenters. The number of aliphatic carboxylic acids is 1. The molecule has 340 valence electrons. The van der Waals surface area contributed by atoms with E-state index >= 15 is 0 Å². The molecule has 4 amide bonds. The molecule has 2 aromatic rings. The van der Waals surface area contributed by atoms with Gasteiger partial charge in [0, 0.05) is 53.5 Å². The van der Waals surface area contributed by atoms with Crippen LogP contribution in [-0.2, 0) is 46.4 Å². The van der Waals surface area contributed by atoms with E-state index in [4.69, 9.17) is 9.47 Å². The van der Waals surface area contributed by atoms with E-state index in [-0.39, 0.29) is 48.3 Å². The Balaban J connectivity index is 1.78. The summed E-state index contributed by atoms with van der Waals surface area (Å²) < 4.78 is 12.0. The molecule has 0 aliphatic carbocycles. The molecule has 61 heavy (non-hydrogen) atoms. The Morgan fingerprint density at radius 2 is 1.52 bits per heavy atom. The molecule has 0 saturated carbocycles. The summed E-state index contributed by atoms with van der Waals surface area (Å²) in [6, 6.07) is 13.8. The topological polar surface area (TPSA) is 170 Å². The van der Waals surface area contributed by atoms with Crippen molar-refractivity contribution in [2.45, 2.75) is 130 Å². The van der Waals surface area contributed by atoms with Crippen molar-refractivity contribution >= 4 is 35.3 Å². The van der Waals surface area contributed by atoms with Gasteiger partial charge in [-0.05, 0) is 60.9 Å². The standard InChI is InChI=1S/C47H74N6O8/c1-13-31(6)42(52(10)46(57)40(29(2)3)50-45(56)41(30(4)5)51(9)28-34-21-17-22-35(25-34)48-8)38(60-11)27-39(54)53-24-18-23-37(53)43(61-12)32(7)44(55)49-36(47(58)59)26-33-19-15-14-16-20-33/h14-17,19-22,25,29-32,36-38,40-43,48H,13,18,23-24,26-28H2,1-12H3,(H,49,55)(H,50,56)(H,58,59)/t31-,32+,36-,37-,38+,40-,41-,42-,43+/m0/s1. The third kappa shape index (κ3) is 13.7. The third-order valence-electron chi connectivity index (χ3n) is 12.4. The van der Waals surface area contributed by atoms with Crippen LogP contribution in [0.1, 0.15) is 85.3 Å². The van der Waals surface area contributed by atoms with Crippen molar-refractivity contribution < 1.29 is 38.6 Å². The Morgan fingerprint density at radius 3 is 2.08 bits per heavy atom. The fourth-order valence-corrected chi connectivity index (χ4v) is 8.85. The highest BCUT2D eigenvalue weighted by molar-refractivity contribution is 5.90. The predicted octanol–water partition coefficient (Wildman–Crippen LogP) is 5.06. The van der Waals surface area contributed by atoms with Gasteiger partial charge in [-0.25, -0.2) is 4.79 Å². The Kier molecular flexibility index (Phi) is 20.2. The largest absolute Gasteiger partial charge is 0.480 e. The van der Waals surface area contributed by atoms with Gasteiger partial charge in [-0.3, -0.25) is 24.1 Å². The number of ether oxygens (including phenoxy) is 2. The lowest BCUT2D eigenvalue weighted by Crippen LogP contribution is -2.60. The van der Waals surface area contributed by atoms with Crippen LogP contribution >= 0.6 is 0 Å². The third-order valence-corrected chi connectivity index (χ3v) is 12.4. The van der Waals surface area contributed by atoms with Crippen LogP contribution < -0.4 is 16.0 Å². The molecular formula is C47H74N6O8. The Hall–Kier alpha value is -4.53. The van der Waals surface area contributed by atoms with Crippen LogP contribution in [0.5, 0.6) is 0 Å². The maximum absolute atomic E-state index is 14.6. The van der Waals surface area contributed by atoms with Crippen LogP contribution in [0.3, 0.4) is 0 Å². The van der Waals surface area contributed by atoms with Gasteiger partial charge in [0.2, 0.25) is 23.6 Å². The lowest BCUT2D eigenvalue weighted by Gasteiger charge is -2.41. The number of anilines is 1. The molecule has 1 aliphatic rings. The summed E-state index contributed by atoms with van der Waals surface area (Å²) in [6.45, 7) is 14.6. The number of hydrogen-bond acceptors (Lipinski definition) is 9. The molecular weight excluding hydrogens is 777 g/mol. The first-order chi connectivity index (χ1) is 28.9. The number of rotatable bonds is 24. The van der Waals surface area contributed by atoms with Gasteiger partial charge in [-0.15, -0.1) is 0 Å². The number of hydrogen-bond donors (Lipinski definition) is 4. The first-order valence-electron chi connectivity index (χ1n) is 21.9. The molecule has 1 saturated heterocycles. The highest BCUT2D eigenvalue weighted by Crippen LogP contribution is 2.30. The average Bonchev–Trinajstić information content (AvgIpc) is 3.71. The zero-order chi connectivity index (χ0) is 45.6. The van der Waals surface area contributed by atoms with Crippen LogP contribution in [0.15, 0.2) is 54.6 Å². The first-order valence-corrected chi connectivity index (χ1v) is 21.9. The molecule has 4 N–H and O–H groups in total. The second-order valence-corrected chi connectivity index (χ2v) is 17.5. The van der Waals surface area contributed by atoms with Gasteiger partial charge in [0.05, 0.1) is 42.7 Å². The van der Waals surface area contributed by atoms with Gasteiger partial charge in [0.25, 0.3) is 0 Å². The van der Waals surface area contributed by atoms with Crippen molar-refractivity contribution in [1.82, 2.24) is 25.3 Å². The minimum Gasteiger partial charge on any atom is -0.480 e. The number of carboxylic acid groups (broad SMARTS) is 1. The summed E-state index contributed by atoms with van der Waals surface area (Å²) in [4.78, 5) is 74.1. The van der Waals surface area contributed by atoms with Crippen molar-refractivity contribution in [3.8, 4) is 0 Å². The van der Waals surface area contributed by atoms with E-state index in [1.165, 1.54) is 7.11 Å². The molecule has 0 unspecified atom stereocenters. The van der Waals surface area contributed by atoms with Crippen LogP contribution in [0, 0.1) is 23.7 Å². The summed E-state index contributed by atoms with van der Waals surface area (Å²) in [6.07, 6.45) is 0.727. The summed E-state index contributed by atoms with van der Waals surface area (Å²) in [7, 11) is 8.56. The highest BCUT2D eigenvalue weighted by atomic mass is 16.5. The van der Waals surface area contributed by atoms with E-state index in [0.29, 0.717) is 32.4 Å². The Bertz CT molecular complexity index is 1730. The zero-order valence-electron chi connectivity index (χ0n) is 38.6. The summed E-state index contributed by atoms with van der Waals surface area (Å²) in [5.74, 6) is -3.41. The molecule has 0 spiro atoms. The van der Waals surface area contributed by atoms with Crippen LogP contribution in [0.25, 0.3) is 0 Å². The minimum absolute atomic E-state index is 0.0253. The van der Waals surface area contributed by atoms with Gasteiger partial charge in [-0.1, -0.05) is 97.4 Å². The normalized spacial score (nSPS) is 18.1. The summed E-state index contributed by atoms with van der Waals surface area (Å²) >= 11 is 0.